The van der Waals surface area contributed by atoms with E-state index in [1.807, 2.05) is 11.8 Å². The molecule has 0 radical (unpaired) electrons. The van der Waals surface area contributed by atoms with E-state index in [9.17, 15) is 8.42 Å². The molecule has 0 unspecified atom stereocenters. The minimum atomic E-state index is -3.46. The van der Waals surface area contributed by atoms with E-state index in [1.54, 1.807) is 24.3 Å². The van der Waals surface area contributed by atoms with Gasteiger partial charge in [0.2, 0.25) is 10.0 Å². The van der Waals surface area contributed by atoms with Gasteiger partial charge in [0.05, 0.1) is 11.5 Å². The zero-order chi connectivity index (χ0) is 15.1. The van der Waals surface area contributed by atoms with Crippen molar-refractivity contribution >= 4 is 21.8 Å². The Kier molecular flexibility index (Phi) is 6.35. The lowest BCUT2D eigenvalue weighted by Crippen LogP contribution is -2.37. The Morgan fingerprint density at radius 1 is 1.24 bits per heavy atom. The molecule has 1 fully saturated rings. The summed E-state index contributed by atoms with van der Waals surface area (Å²) in [6.07, 6.45) is 2.32. The molecule has 7 heteroatoms. The van der Waals surface area contributed by atoms with Crippen molar-refractivity contribution < 1.29 is 18.3 Å². The lowest BCUT2D eigenvalue weighted by molar-refractivity contribution is 0.233. The molecule has 0 amide bonds. The zero-order valence-electron chi connectivity index (χ0n) is 11.8. The molecule has 5 nitrogen and oxygen atoms in total. The van der Waals surface area contributed by atoms with Gasteiger partial charge in [0.15, 0.2) is 0 Å². The summed E-state index contributed by atoms with van der Waals surface area (Å²) in [6, 6.07) is 6.42. The molecule has 0 atom stereocenters. The summed E-state index contributed by atoms with van der Waals surface area (Å²) in [7, 11) is -3.46. The lowest BCUT2D eigenvalue weighted by atomic mass is 10.2. The van der Waals surface area contributed by atoms with E-state index in [0.717, 1.165) is 24.3 Å². The molecule has 1 aromatic carbocycles. The molecule has 0 aliphatic carbocycles. The molecule has 0 aromatic heterocycles. The predicted octanol–water partition coefficient (Wildman–Crippen LogP) is 1.62. The Labute approximate surface area is 130 Å². The lowest BCUT2D eigenvalue weighted by Gasteiger charge is -2.22. The summed E-state index contributed by atoms with van der Waals surface area (Å²) in [4.78, 5) is 0.259. The van der Waals surface area contributed by atoms with Crippen molar-refractivity contribution in [3.8, 4) is 5.75 Å². The smallest absolute Gasteiger partial charge is 0.240 e. The minimum absolute atomic E-state index is 0.0386. The Balaban J connectivity index is 1.95. The van der Waals surface area contributed by atoms with Crippen molar-refractivity contribution in [2.75, 3.05) is 24.7 Å². The highest BCUT2D eigenvalue weighted by atomic mass is 32.2. The van der Waals surface area contributed by atoms with Gasteiger partial charge in [-0.2, -0.15) is 11.8 Å². The number of aliphatic hydroxyl groups is 1. The van der Waals surface area contributed by atoms with E-state index < -0.39 is 10.0 Å². The topological polar surface area (TPSA) is 75.6 Å². The summed E-state index contributed by atoms with van der Waals surface area (Å²) in [5, 5.41) is 8.68. The molecule has 118 valence electrons. The summed E-state index contributed by atoms with van der Waals surface area (Å²) < 4.78 is 32.7. The normalized spacial score (nSPS) is 16.8. The average Bonchev–Trinajstić information content (AvgIpc) is 2.49. The van der Waals surface area contributed by atoms with E-state index in [2.05, 4.69) is 4.72 Å². The molecule has 0 bridgehead atoms. The van der Waals surface area contributed by atoms with Gasteiger partial charge < -0.3 is 9.84 Å². The maximum atomic E-state index is 12.3. The van der Waals surface area contributed by atoms with Gasteiger partial charge in [-0.1, -0.05) is 0 Å². The quantitative estimate of drug-likeness (QED) is 0.743. The van der Waals surface area contributed by atoms with E-state index in [1.165, 1.54) is 0 Å². The van der Waals surface area contributed by atoms with Gasteiger partial charge in [0.25, 0.3) is 0 Å². The number of benzene rings is 1. The molecule has 2 N–H and O–H groups in total. The maximum Gasteiger partial charge on any atom is 0.240 e. The standard InChI is InChI=1S/C14H21NO4S2/c16-8-1-9-19-13-2-4-14(5-3-13)21(17,18)15-12-6-10-20-11-7-12/h2-5,12,15-16H,1,6-11H2. The fourth-order valence-corrected chi connectivity index (χ4v) is 4.48. The van der Waals surface area contributed by atoms with Crippen LogP contribution in [0.5, 0.6) is 5.75 Å². The third-order valence-electron chi connectivity index (χ3n) is 3.25. The molecule has 0 spiro atoms. The number of hydrogen-bond donors (Lipinski definition) is 2. The number of ether oxygens (including phenoxy) is 1. The Morgan fingerprint density at radius 3 is 2.52 bits per heavy atom. The monoisotopic (exact) mass is 331 g/mol. The number of sulfonamides is 1. The van der Waals surface area contributed by atoms with Gasteiger partial charge in [-0.3, -0.25) is 0 Å². The Hall–Kier alpha value is -0.760. The minimum Gasteiger partial charge on any atom is -0.494 e. The molecule has 0 saturated carbocycles. The molecular weight excluding hydrogens is 310 g/mol. The SMILES string of the molecule is O=S(=O)(NC1CCSCC1)c1ccc(OCCCO)cc1. The summed E-state index contributed by atoms with van der Waals surface area (Å²) >= 11 is 1.86. The van der Waals surface area contributed by atoms with Crippen molar-refractivity contribution in [2.24, 2.45) is 0 Å². The number of rotatable bonds is 7. The van der Waals surface area contributed by atoms with Crippen molar-refractivity contribution in [3.05, 3.63) is 24.3 Å². The van der Waals surface area contributed by atoms with Crippen LogP contribution in [-0.2, 0) is 10.0 Å². The van der Waals surface area contributed by atoms with Gasteiger partial charge in [-0.25, -0.2) is 13.1 Å². The number of thioether (sulfide) groups is 1. The number of nitrogens with one attached hydrogen (secondary N) is 1. The van der Waals surface area contributed by atoms with Crippen molar-refractivity contribution in [1.82, 2.24) is 4.72 Å². The highest BCUT2D eigenvalue weighted by molar-refractivity contribution is 7.99. The zero-order valence-corrected chi connectivity index (χ0v) is 13.5. The van der Waals surface area contributed by atoms with Crippen LogP contribution in [-0.4, -0.2) is 44.3 Å². The van der Waals surface area contributed by atoms with Crippen LogP contribution < -0.4 is 9.46 Å². The van der Waals surface area contributed by atoms with Crippen LogP contribution in [0.3, 0.4) is 0 Å². The van der Waals surface area contributed by atoms with Crippen LogP contribution >= 0.6 is 11.8 Å². The van der Waals surface area contributed by atoms with Crippen LogP contribution in [0.15, 0.2) is 29.2 Å². The molecule has 1 heterocycles. The van der Waals surface area contributed by atoms with Crippen LogP contribution in [0.2, 0.25) is 0 Å². The molecular formula is C14H21NO4S2. The first-order valence-electron chi connectivity index (χ1n) is 7.05. The fourth-order valence-electron chi connectivity index (χ4n) is 2.07. The first kappa shape index (κ1) is 16.6. The number of aliphatic hydroxyl groups excluding tert-OH is 1. The van der Waals surface area contributed by atoms with E-state index in [4.69, 9.17) is 9.84 Å². The highest BCUT2D eigenvalue weighted by Crippen LogP contribution is 2.20. The van der Waals surface area contributed by atoms with Crippen molar-refractivity contribution in [1.29, 1.82) is 0 Å². The summed E-state index contributed by atoms with van der Waals surface area (Å²) in [6.45, 7) is 0.497. The fraction of sp³-hybridized carbons (Fsp3) is 0.571. The average molecular weight is 331 g/mol. The third kappa shape index (κ3) is 5.18. The molecule has 2 rings (SSSR count). The predicted molar refractivity (Wildman–Crippen MR) is 84.3 cm³/mol. The molecule has 21 heavy (non-hydrogen) atoms. The van der Waals surface area contributed by atoms with Crippen LogP contribution in [0.4, 0.5) is 0 Å². The molecule has 1 aliphatic heterocycles. The molecule has 1 saturated heterocycles. The first-order chi connectivity index (χ1) is 10.1. The van der Waals surface area contributed by atoms with E-state index >= 15 is 0 Å². The van der Waals surface area contributed by atoms with Crippen LogP contribution in [0, 0.1) is 0 Å². The number of hydrogen-bond acceptors (Lipinski definition) is 5. The van der Waals surface area contributed by atoms with E-state index in [0.29, 0.717) is 18.8 Å². The van der Waals surface area contributed by atoms with Gasteiger partial charge in [-0.05, 0) is 48.6 Å². The molecule has 1 aromatic rings. The van der Waals surface area contributed by atoms with Gasteiger partial charge in [0.1, 0.15) is 5.75 Å². The summed E-state index contributed by atoms with van der Waals surface area (Å²) in [5.74, 6) is 2.62. The second-order valence-electron chi connectivity index (χ2n) is 4.90. The Bertz CT molecular complexity index is 524. The maximum absolute atomic E-state index is 12.3. The Morgan fingerprint density at radius 2 is 1.90 bits per heavy atom. The molecule has 1 aliphatic rings. The highest BCUT2D eigenvalue weighted by Gasteiger charge is 2.21. The van der Waals surface area contributed by atoms with Crippen LogP contribution in [0.1, 0.15) is 19.3 Å². The van der Waals surface area contributed by atoms with Gasteiger partial charge >= 0.3 is 0 Å². The second kappa shape index (κ2) is 8.03. The van der Waals surface area contributed by atoms with E-state index in [-0.39, 0.29) is 17.5 Å². The van der Waals surface area contributed by atoms with Gasteiger partial charge in [-0.15, -0.1) is 0 Å². The van der Waals surface area contributed by atoms with Crippen LogP contribution in [0.25, 0.3) is 0 Å². The van der Waals surface area contributed by atoms with Crippen molar-refractivity contribution in [3.63, 3.8) is 0 Å². The summed E-state index contributed by atoms with van der Waals surface area (Å²) in [5.41, 5.74) is 0. The van der Waals surface area contributed by atoms with Gasteiger partial charge in [0, 0.05) is 19.1 Å². The largest absolute Gasteiger partial charge is 0.494 e. The first-order valence-corrected chi connectivity index (χ1v) is 9.69. The van der Waals surface area contributed by atoms with Crippen molar-refractivity contribution in [2.45, 2.75) is 30.2 Å². The third-order valence-corrected chi connectivity index (χ3v) is 5.83. The second-order valence-corrected chi connectivity index (χ2v) is 7.84.